The van der Waals surface area contributed by atoms with Crippen LogP contribution in [-0.4, -0.2) is 15.0 Å². The van der Waals surface area contributed by atoms with Crippen LogP contribution in [0, 0.1) is 0 Å². The quantitative estimate of drug-likeness (QED) is 0.176. The molecule has 0 aliphatic carbocycles. The van der Waals surface area contributed by atoms with Crippen LogP contribution in [0.5, 0.6) is 0 Å². The number of nitrogens with zero attached hydrogens (tertiary/aromatic N) is 3. The van der Waals surface area contributed by atoms with Crippen LogP contribution in [-0.2, 0) is 0 Å². The second kappa shape index (κ2) is 12.9. The van der Waals surface area contributed by atoms with Crippen molar-refractivity contribution in [1.29, 1.82) is 0 Å². The molecule has 0 unspecified atom stereocenters. The Morgan fingerprint density at radius 1 is 0.321 bits per heavy atom. The lowest BCUT2D eigenvalue weighted by atomic mass is 9.95. The van der Waals surface area contributed by atoms with E-state index in [1.807, 2.05) is 84.9 Å². The molecule has 0 fully saturated rings. The molecule has 2 aromatic heterocycles. The van der Waals surface area contributed by atoms with Gasteiger partial charge in [0.05, 0.1) is 0 Å². The Bertz CT molecular complexity index is 2840. The molecule has 53 heavy (non-hydrogen) atoms. The third kappa shape index (κ3) is 5.63. The summed E-state index contributed by atoms with van der Waals surface area (Å²) in [6, 6.07) is 65.2. The molecule has 0 aliphatic rings. The van der Waals surface area contributed by atoms with E-state index in [-0.39, 0.29) is 0 Å². The lowest BCUT2D eigenvalue weighted by Gasteiger charge is -2.11. The normalized spacial score (nSPS) is 11.4. The fourth-order valence-electron chi connectivity index (χ4n) is 7.24. The zero-order valence-corrected chi connectivity index (χ0v) is 28.6. The molecule has 0 radical (unpaired) electrons. The maximum atomic E-state index is 6.63. The van der Waals surface area contributed by atoms with Gasteiger partial charge in [0, 0.05) is 32.8 Å². The average molecular weight is 678 g/mol. The van der Waals surface area contributed by atoms with E-state index in [2.05, 4.69) is 103 Å². The minimum Gasteiger partial charge on any atom is -0.455 e. The largest absolute Gasteiger partial charge is 0.455 e. The van der Waals surface area contributed by atoms with Crippen LogP contribution in [0.25, 0.3) is 100 Å². The third-order valence-electron chi connectivity index (χ3n) is 9.94. The summed E-state index contributed by atoms with van der Waals surface area (Å²) in [7, 11) is 0. The number of benzene rings is 8. The van der Waals surface area contributed by atoms with E-state index in [0.717, 1.165) is 60.5 Å². The van der Waals surface area contributed by atoms with Gasteiger partial charge >= 0.3 is 0 Å². The first-order chi connectivity index (χ1) is 26.2. The highest BCUT2D eigenvalue weighted by Crippen LogP contribution is 2.42. The molecule has 0 bridgehead atoms. The van der Waals surface area contributed by atoms with E-state index in [0.29, 0.717) is 17.5 Å². The number of furan rings is 1. The lowest BCUT2D eigenvalue weighted by Crippen LogP contribution is -2.00. The van der Waals surface area contributed by atoms with Crippen molar-refractivity contribution in [2.75, 3.05) is 0 Å². The van der Waals surface area contributed by atoms with Crippen LogP contribution in [0.15, 0.2) is 192 Å². The van der Waals surface area contributed by atoms with Crippen LogP contribution in [0.2, 0.25) is 0 Å². The Labute approximate surface area is 306 Å². The van der Waals surface area contributed by atoms with E-state index in [9.17, 15) is 0 Å². The van der Waals surface area contributed by atoms with Crippen LogP contribution >= 0.6 is 0 Å². The van der Waals surface area contributed by atoms with Crippen LogP contribution in [0.4, 0.5) is 0 Å². The van der Waals surface area contributed by atoms with Gasteiger partial charge in [-0.1, -0.05) is 164 Å². The number of para-hydroxylation sites is 1. The minimum absolute atomic E-state index is 0.601. The molecule has 0 aliphatic heterocycles. The molecule has 248 valence electrons. The minimum atomic E-state index is 0.601. The van der Waals surface area contributed by atoms with Gasteiger partial charge in [0.25, 0.3) is 0 Å². The topological polar surface area (TPSA) is 51.8 Å². The Balaban J connectivity index is 1.10. The van der Waals surface area contributed by atoms with Gasteiger partial charge in [-0.15, -0.1) is 0 Å². The van der Waals surface area contributed by atoms with Crippen molar-refractivity contribution < 1.29 is 4.42 Å². The molecular formula is C49H31N3O. The molecule has 0 saturated carbocycles. The van der Waals surface area contributed by atoms with Crippen molar-refractivity contribution in [3.63, 3.8) is 0 Å². The highest BCUT2D eigenvalue weighted by Gasteiger charge is 2.20. The van der Waals surface area contributed by atoms with E-state index in [1.165, 1.54) is 22.3 Å². The SMILES string of the molecule is c1ccc(-c2ccc(-c3ccc(-c4ccc5c(c4)cc(-c4nc(-c6ccccc6)nc(-c6ccccc6)n4)c4c6ccccc6oc54)cc3)cc2)cc1. The van der Waals surface area contributed by atoms with E-state index >= 15 is 0 Å². The first kappa shape index (κ1) is 30.6. The van der Waals surface area contributed by atoms with Crippen molar-refractivity contribution in [2.45, 2.75) is 0 Å². The number of hydrogen-bond donors (Lipinski definition) is 0. The molecule has 0 amide bonds. The van der Waals surface area contributed by atoms with Gasteiger partial charge in [-0.3, -0.25) is 0 Å². The molecule has 4 nitrogen and oxygen atoms in total. The number of hydrogen-bond acceptors (Lipinski definition) is 4. The Hall–Kier alpha value is -7.17. The van der Waals surface area contributed by atoms with Gasteiger partial charge in [0.15, 0.2) is 17.5 Å². The van der Waals surface area contributed by atoms with E-state index in [4.69, 9.17) is 19.4 Å². The zero-order chi connectivity index (χ0) is 35.1. The summed E-state index contributed by atoms with van der Waals surface area (Å²) in [5.41, 5.74) is 11.5. The van der Waals surface area contributed by atoms with Crippen molar-refractivity contribution in [3.05, 3.63) is 188 Å². The molecular weight excluding hydrogens is 647 g/mol. The van der Waals surface area contributed by atoms with Crippen molar-refractivity contribution >= 4 is 32.7 Å². The summed E-state index contributed by atoms with van der Waals surface area (Å²) in [5.74, 6) is 1.85. The fourth-order valence-corrected chi connectivity index (χ4v) is 7.24. The fraction of sp³-hybridized carbons (Fsp3) is 0. The first-order valence-corrected chi connectivity index (χ1v) is 17.8. The summed E-state index contributed by atoms with van der Waals surface area (Å²) in [6.45, 7) is 0. The predicted molar refractivity (Wildman–Crippen MR) is 217 cm³/mol. The smallest absolute Gasteiger partial charge is 0.164 e. The van der Waals surface area contributed by atoms with Gasteiger partial charge in [-0.05, 0) is 63.0 Å². The third-order valence-corrected chi connectivity index (χ3v) is 9.94. The number of aromatic nitrogens is 3. The molecule has 0 atom stereocenters. The molecule has 2 heterocycles. The van der Waals surface area contributed by atoms with Gasteiger partial charge in [0.1, 0.15) is 11.2 Å². The Morgan fingerprint density at radius 2 is 0.755 bits per heavy atom. The second-order valence-corrected chi connectivity index (χ2v) is 13.2. The maximum Gasteiger partial charge on any atom is 0.164 e. The lowest BCUT2D eigenvalue weighted by molar-refractivity contribution is 0.672. The van der Waals surface area contributed by atoms with Crippen molar-refractivity contribution in [3.8, 4) is 67.5 Å². The highest BCUT2D eigenvalue weighted by molar-refractivity contribution is 6.21. The van der Waals surface area contributed by atoms with E-state index in [1.54, 1.807) is 0 Å². The summed E-state index contributed by atoms with van der Waals surface area (Å²) in [5, 5.41) is 4.11. The van der Waals surface area contributed by atoms with Crippen LogP contribution in [0.1, 0.15) is 0 Å². The van der Waals surface area contributed by atoms with Gasteiger partial charge in [-0.25, -0.2) is 15.0 Å². The molecule has 0 saturated heterocycles. The first-order valence-electron chi connectivity index (χ1n) is 17.8. The Kier molecular flexibility index (Phi) is 7.43. The molecule has 4 heteroatoms. The van der Waals surface area contributed by atoms with Crippen LogP contribution < -0.4 is 0 Å². The number of fused-ring (bicyclic) bond motifs is 5. The molecule has 10 aromatic rings. The maximum absolute atomic E-state index is 6.63. The van der Waals surface area contributed by atoms with Crippen LogP contribution in [0.3, 0.4) is 0 Å². The molecule has 10 rings (SSSR count). The summed E-state index contributed by atoms with van der Waals surface area (Å²) < 4.78 is 6.63. The van der Waals surface area contributed by atoms with Crippen molar-refractivity contribution in [1.82, 2.24) is 15.0 Å². The average Bonchev–Trinajstić information content (AvgIpc) is 3.64. The standard InChI is InChI=1S/C49H31N3O/c1-4-12-32(13-5-1)33-20-22-34(23-21-33)35-24-26-36(27-25-35)39-28-29-41-40(30-39)31-43(45-42-18-10-11-19-44(42)53-46(41)45)49-51-47(37-14-6-2-7-15-37)50-48(52-49)38-16-8-3-9-17-38/h1-31H. The van der Waals surface area contributed by atoms with E-state index < -0.39 is 0 Å². The second-order valence-electron chi connectivity index (χ2n) is 13.2. The highest BCUT2D eigenvalue weighted by atomic mass is 16.3. The predicted octanol–water partition coefficient (Wildman–Crippen LogP) is 12.9. The molecule has 0 spiro atoms. The summed E-state index contributed by atoms with van der Waals surface area (Å²) in [4.78, 5) is 15.2. The Morgan fingerprint density at radius 3 is 1.32 bits per heavy atom. The molecule has 0 N–H and O–H groups in total. The number of rotatable bonds is 6. The summed E-state index contributed by atoms with van der Waals surface area (Å²) >= 11 is 0. The van der Waals surface area contributed by atoms with Gasteiger partial charge in [0.2, 0.25) is 0 Å². The summed E-state index contributed by atoms with van der Waals surface area (Å²) in [6.07, 6.45) is 0. The van der Waals surface area contributed by atoms with Crippen molar-refractivity contribution in [2.24, 2.45) is 0 Å². The molecule has 8 aromatic carbocycles. The zero-order valence-electron chi connectivity index (χ0n) is 28.6. The van der Waals surface area contributed by atoms with Gasteiger partial charge in [-0.2, -0.15) is 0 Å². The monoisotopic (exact) mass is 677 g/mol. The van der Waals surface area contributed by atoms with Gasteiger partial charge < -0.3 is 4.42 Å².